The molecule has 0 heterocycles. The first-order valence-corrected chi connectivity index (χ1v) is 13.8. The number of nitrogens with zero attached hydrogens (tertiary/aromatic N) is 2. The summed E-state index contributed by atoms with van der Waals surface area (Å²) >= 11 is 6.84. The number of hydrogen-bond donors (Lipinski definition) is 0. The van der Waals surface area contributed by atoms with E-state index in [1.807, 2.05) is 55.4 Å². The summed E-state index contributed by atoms with van der Waals surface area (Å²) in [7, 11) is 4.05. The Morgan fingerprint density at radius 1 is 0.921 bits per heavy atom. The van der Waals surface area contributed by atoms with E-state index in [1.165, 1.54) is 19.8 Å². The molecule has 196 valence electrons. The second kappa shape index (κ2) is 11.2. The summed E-state index contributed by atoms with van der Waals surface area (Å²) in [6.45, 7) is 1.94. The van der Waals surface area contributed by atoms with Gasteiger partial charge in [0.25, 0.3) is 0 Å². The van der Waals surface area contributed by atoms with Crippen LogP contribution in [-0.2, 0) is 16.1 Å². The van der Waals surface area contributed by atoms with Gasteiger partial charge in [0.2, 0.25) is 5.91 Å². The van der Waals surface area contributed by atoms with Crippen LogP contribution in [0.2, 0.25) is 5.02 Å². The van der Waals surface area contributed by atoms with Gasteiger partial charge in [-0.1, -0.05) is 60.5 Å². The maximum Gasteiger partial charge on any atom is 0.230 e. The average molecular weight is 527 g/mol. The Morgan fingerprint density at radius 2 is 1.68 bits per heavy atom. The maximum absolute atomic E-state index is 14.0. The molecule has 0 radical (unpaired) electrons. The van der Waals surface area contributed by atoms with E-state index in [9.17, 15) is 9.59 Å². The van der Waals surface area contributed by atoms with Crippen molar-refractivity contribution in [3.05, 3.63) is 89.0 Å². The number of carbonyl (C=O) groups excluding carboxylic acids is 2. The molecule has 3 atom stereocenters. The normalized spacial score (nSPS) is 20.2. The van der Waals surface area contributed by atoms with Crippen LogP contribution < -0.4 is 9.80 Å². The number of allylic oxidation sites excluding steroid dienone is 1. The molecule has 2 aliphatic carbocycles. The SMILES string of the molecule is CC(=O)/C=C/c1cccc(N(Cc2ccc(-c3ccc(N(C)C)cc3)cc2Cl)C(=O)[C@@H]2C[C@@H]3CC[C@H]2C3)c1. The predicted octanol–water partition coefficient (Wildman–Crippen LogP) is 7.64. The zero-order chi connectivity index (χ0) is 26.8. The van der Waals surface area contributed by atoms with Gasteiger partial charge in [0, 0.05) is 36.4 Å². The Hall–Kier alpha value is -3.37. The highest BCUT2D eigenvalue weighted by Gasteiger charge is 2.44. The van der Waals surface area contributed by atoms with E-state index in [-0.39, 0.29) is 17.6 Å². The van der Waals surface area contributed by atoms with Gasteiger partial charge in [0.15, 0.2) is 5.78 Å². The summed E-state index contributed by atoms with van der Waals surface area (Å²) < 4.78 is 0. The zero-order valence-corrected chi connectivity index (χ0v) is 23.1. The minimum atomic E-state index is -0.00598. The van der Waals surface area contributed by atoms with Crippen molar-refractivity contribution < 1.29 is 9.59 Å². The van der Waals surface area contributed by atoms with E-state index in [0.29, 0.717) is 23.4 Å². The van der Waals surface area contributed by atoms with Gasteiger partial charge in [0.1, 0.15) is 0 Å². The van der Waals surface area contributed by atoms with Gasteiger partial charge >= 0.3 is 0 Å². The van der Waals surface area contributed by atoms with Gasteiger partial charge in [-0.3, -0.25) is 9.59 Å². The van der Waals surface area contributed by atoms with E-state index in [1.54, 1.807) is 12.2 Å². The number of hydrogen-bond acceptors (Lipinski definition) is 3. The lowest BCUT2D eigenvalue weighted by Gasteiger charge is -2.30. The first-order valence-electron chi connectivity index (χ1n) is 13.4. The van der Waals surface area contributed by atoms with E-state index in [0.717, 1.165) is 46.5 Å². The smallest absolute Gasteiger partial charge is 0.230 e. The van der Waals surface area contributed by atoms with Crippen molar-refractivity contribution in [2.24, 2.45) is 17.8 Å². The minimum absolute atomic E-state index is 0.00598. The van der Waals surface area contributed by atoms with Gasteiger partial charge in [-0.15, -0.1) is 0 Å². The van der Waals surface area contributed by atoms with Gasteiger partial charge < -0.3 is 9.80 Å². The summed E-state index contributed by atoms with van der Waals surface area (Å²) in [5.74, 6) is 1.41. The molecule has 2 saturated carbocycles. The Balaban J connectivity index is 1.44. The van der Waals surface area contributed by atoms with Crippen molar-refractivity contribution >= 4 is 40.7 Å². The molecular formula is C33H35ClN2O2. The topological polar surface area (TPSA) is 40.6 Å². The van der Waals surface area contributed by atoms with Crippen LogP contribution in [0.4, 0.5) is 11.4 Å². The van der Waals surface area contributed by atoms with E-state index < -0.39 is 0 Å². The lowest BCUT2D eigenvalue weighted by molar-refractivity contribution is -0.124. The minimum Gasteiger partial charge on any atom is -0.378 e. The second-order valence-corrected chi connectivity index (χ2v) is 11.4. The molecule has 5 rings (SSSR count). The molecule has 0 spiro atoms. The van der Waals surface area contributed by atoms with E-state index in [4.69, 9.17) is 11.6 Å². The summed E-state index contributed by atoms with van der Waals surface area (Å²) in [6, 6.07) is 22.4. The van der Waals surface area contributed by atoms with E-state index in [2.05, 4.69) is 35.2 Å². The van der Waals surface area contributed by atoms with Crippen LogP contribution in [0.3, 0.4) is 0 Å². The van der Waals surface area contributed by atoms with Crippen LogP contribution in [0.1, 0.15) is 43.7 Å². The van der Waals surface area contributed by atoms with E-state index >= 15 is 0 Å². The van der Waals surface area contributed by atoms with Gasteiger partial charge in [0.05, 0.1) is 6.54 Å². The molecule has 2 fully saturated rings. The number of rotatable bonds is 8. The van der Waals surface area contributed by atoms with Crippen molar-refractivity contribution in [2.45, 2.75) is 39.2 Å². The number of fused-ring (bicyclic) bond motifs is 2. The first kappa shape index (κ1) is 26.2. The van der Waals surface area contributed by atoms with Crippen LogP contribution in [0, 0.1) is 17.8 Å². The number of ketones is 1. The standard InChI is InChI=1S/C33H35ClN2O2/c1-22(37)7-8-23-5-4-6-30(18-23)36(33(38)31-19-24-9-10-27(31)17-24)21-28-12-11-26(20-32(28)34)25-13-15-29(16-14-25)35(2)3/h4-8,11-16,18,20,24,27,31H,9-10,17,19,21H2,1-3H3/b8-7+/t24-,27+,31-/m1/s1. The Labute approximate surface area is 230 Å². The zero-order valence-electron chi connectivity index (χ0n) is 22.4. The third kappa shape index (κ3) is 5.71. The molecule has 38 heavy (non-hydrogen) atoms. The average Bonchev–Trinajstić information content (AvgIpc) is 3.55. The molecule has 0 saturated heterocycles. The lowest BCUT2D eigenvalue weighted by atomic mass is 9.87. The highest BCUT2D eigenvalue weighted by atomic mass is 35.5. The van der Waals surface area contributed by atoms with Gasteiger partial charge in [-0.2, -0.15) is 0 Å². The number of halogens is 1. The van der Waals surface area contributed by atoms with Gasteiger partial charge in [-0.25, -0.2) is 0 Å². The molecule has 0 aromatic heterocycles. The Morgan fingerprint density at radius 3 is 2.32 bits per heavy atom. The van der Waals surface area contributed by atoms with Crippen molar-refractivity contribution in [1.82, 2.24) is 0 Å². The summed E-state index contributed by atoms with van der Waals surface area (Å²) in [4.78, 5) is 29.5. The Kier molecular flexibility index (Phi) is 7.71. The molecule has 5 heteroatoms. The highest BCUT2D eigenvalue weighted by molar-refractivity contribution is 6.31. The fraction of sp³-hybridized carbons (Fsp3) is 0.333. The summed E-state index contributed by atoms with van der Waals surface area (Å²) in [5, 5.41) is 0.651. The molecule has 1 amide bonds. The molecule has 0 aliphatic heterocycles. The molecule has 4 nitrogen and oxygen atoms in total. The quantitative estimate of drug-likeness (QED) is 0.283. The number of amides is 1. The van der Waals surface area contributed by atoms with Crippen molar-refractivity contribution in [2.75, 3.05) is 23.9 Å². The van der Waals surface area contributed by atoms with Gasteiger partial charge in [-0.05, 0) is 96.7 Å². The summed E-state index contributed by atoms with van der Waals surface area (Å²) in [5.41, 5.74) is 5.94. The first-order chi connectivity index (χ1) is 18.3. The van der Waals surface area contributed by atoms with Crippen LogP contribution in [0.5, 0.6) is 0 Å². The van der Waals surface area contributed by atoms with Crippen LogP contribution in [0.15, 0.2) is 72.8 Å². The third-order valence-corrected chi connectivity index (χ3v) is 8.46. The molecule has 0 N–H and O–H groups in total. The Bertz CT molecular complexity index is 1360. The van der Waals surface area contributed by atoms with Crippen molar-refractivity contribution in [1.29, 1.82) is 0 Å². The molecule has 2 aliphatic rings. The fourth-order valence-corrected chi connectivity index (χ4v) is 6.27. The van der Waals surface area contributed by atoms with Crippen LogP contribution in [-0.4, -0.2) is 25.8 Å². The van der Waals surface area contributed by atoms with Crippen LogP contribution in [0.25, 0.3) is 17.2 Å². The highest BCUT2D eigenvalue weighted by Crippen LogP contribution is 2.49. The fourth-order valence-electron chi connectivity index (χ4n) is 6.03. The molecule has 0 unspecified atom stereocenters. The van der Waals surface area contributed by atoms with Crippen LogP contribution >= 0.6 is 11.6 Å². The monoisotopic (exact) mass is 526 g/mol. The third-order valence-electron chi connectivity index (χ3n) is 8.11. The second-order valence-electron chi connectivity index (χ2n) is 11.0. The molecule has 3 aromatic rings. The van der Waals surface area contributed by atoms with Crippen molar-refractivity contribution in [3.63, 3.8) is 0 Å². The number of benzene rings is 3. The number of carbonyl (C=O) groups is 2. The number of anilines is 2. The molecular weight excluding hydrogens is 492 g/mol. The maximum atomic E-state index is 14.0. The van der Waals surface area contributed by atoms with Crippen molar-refractivity contribution in [3.8, 4) is 11.1 Å². The lowest BCUT2D eigenvalue weighted by Crippen LogP contribution is -2.38. The predicted molar refractivity (Wildman–Crippen MR) is 157 cm³/mol. The molecule has 2 bridgehead atoms. The summed E-state index contributed by atoms with van der Waals surface area (Å²) in [6.07, 6.45) is 7.92. The molecule has 3 aromatic carbocycles. The largest absolute Gasteiger partial charge is 0.378 e.